The zero-order valence-corrected chi connectivity index (χ0v) is 11.6. The van der Waals surface area contributed by atoms with Crippen LogP contribution in [0.2, 0.25) is 5.02 Å². The van der Waals surface area contributed by atoms with Gasteiger partial charge < -0.3 is 10.1 Å². The van der Waals surface area contributed by atoms with E-state index in [1.165, 1.54) is 38.5 Å². The van der Waals surface area contributed by atoms with E-state index in [4.69, 9.17) is 16.3 Å². The van der Waals surface area contributed by atoms with Crippen molar-refractivity contribution >= 4 is 11.6 Å². The third-order valence-electron chi connectivity index (χ3n) is 3.46. The van der Waals surface area contributed by atoms with Crippen molar-refractivity contribution in [3.8, 4) is 5.75 Å². The Morgan fingerprint density at radius 1 is 1.17 bits per heavy atom. The molecule has 0 spiro atoms. The highest BCUT2D eigenvalue weighted by molar-refractivity contribution is 6.30. The second-order valence-electron chi connectivity index (χ2n) is 4.95. The van der Waals surface area contributed by atoms with Crippen LogP contribution in [0.25, 0.3) is 0 Å². The summed E-state index contributed by atoms with van der Waals surface area (Å²) in [5, 5.41) is 4.31. The molecule has 1 aliphatic carbocycles. The molecule has 18 heavy (non-hydrogen) atoms. The van der Waals surface area contributed by atoms with Gasteiger partial charge in [0, 0.05) is 17.6 Å². The molecule has 1 fully saturated rings. The van der Waals surface area contributed by atoms with Gasteiger partial charge in [0.25, 0.3) is 0 Å². The summed E-state index contributed by atoms with van der Waals surface area (Å²) in [7, 11) is 0. The van der Waals surface area contributed by atoms with Crippen molar-refractivity contribution in [2.45, 2.75) is 44.6 Å². The standard InChI is InChI=1S/C15H22ClNO/c16-13-6-5-9-15(12-13)18-11-10-17-14-7-3-1-2-4-8-14/h5-6,9,12,14,17H,1-4,7-8,10-11H2. The number of rotatable bonds is 5. The Morgan fingerprint density at radius 3 is 2.67 bits per heavy atom. The lowest BCUT2D eigenvalue weighted by molar-refractivity contribution is 0.300. The lowest BCUT2D eigenvalue weighted by Gasteiger charge is -2.16. The molecule has 0 saturated heterocycles. The first kappa shape index (κ1) is 13.7. The second-order valence-corrected chi connectivity index (χ2v) is 5.38. The van der Waals surface area contributed by atoms with Gasteiger partial charge in [0.1, 0.15) is 12.4 Å². The number of ether oxygens (including phenoxy) is 1. The second kappa shape index (κ2) is 7.65. The molecule has 1 saturated carbocycles. The van der Waals surface area contributed by atoms with Gasteiger partial charge in [0.2, 0.25) is 0 Å². The highest BCUT2D eigenvalue weighted by Crippen LogP contribution is 2.18. The van der Waals surface area contributed by atoms with Crippen LogP contribution >= 0.6 is 11.6 Å². The topological polar surface area (TPSA) is 21.3 Å². The van der Waals surface area contributed by atoms with E-state index in [-0.39, 0.29) is 0 Å². The Kier molecular flexibility index (Phi) is 5.82. The first-order valence-electron chi connectivity index (χ1n) is 6.96. The molecule has 0 radical (unpaired) electrons. The van der Waals surface area contributed by atoms with Crippen LogP contribution in [0.15, 0.2) is 24.3 Å². The van der Waals surface area contributed by atoms with E-state index in [1.54, 1.807) is 0 Å². The predicted octanol–water partition coefficient (Wildman–Crippen LogP) is 4.03. The number of halogens is 1. The molecule has 1 aromatic carbocycles. The summed E-state index contributed by atoms with van der Waals surface area (Å²) < 4.78 is 5.66. The number of hydrogen-bond donors (Lipinski definition) is 1. The van der Waals surface area contributed by atoms with Gasteiger partial charge in [0.15, 0.2) is 0 Å². The molecule has 0 heterocycles. The summed E-state index contributed by atoms with van der Waals surface area (Å²) in [6.07, 6.45) is 8.17. The molecule has 3 heteroatoms. The lowest BCUT2D eigenvalue weighted by atomic mass is 10.1. The molecule has 2 nitrogen and oxygen atoms in total. The zero-order chi connectivity index (χ0) is 12.6. The fourth-order valence-corrected chi connectivity index (χ4v) is 2.65. The Morgan fingerprint density at radius 2 is 1.94 bits per heavy atom. The minimum Gasteiger partial charge on any atom is -0.492 e. The van der Waals surface area contributed by atoms with Crippen LogP contribution in [0.3, 0.4) is 0 Å². The van der Waals surface area contributed by atoms with E-state index in [0.29, 0.717) is 12.6 Å². The minimum absolute atomic E-state index is 0.690. The van der Waals surface area contributed by atoms with E-state index in [1.807, 2.05) is 24.3 Å². The summed E-state index contributed by atoms with van der Waals surface area (Å²) in [4.78, 5) is 0. The molecule has 1 N–H and O–H groups in total. The van der Waals surface area contributed by atoms with Gasteiger partial charge in [-0.1, -0.05) is 43.4 Å². The van der Waals surface area contributed by atoms with Gasteiger partial charge in [-0.15, -0.1) is 0 Å². The summed E-state index contributed by atoms with van der Waals surface area (Å²) in [5.41, 5.74) is 0. The van der Waals surface area contributed by atoms with E-state index in [9.17, 15) is 0 Å². The maximum absolute atomic E-state index is 5.90. The van der Waals surface area contributed by atoms with Crippen LogP contribution in [-0.2, 0) is 0 Å². The van der Waals surface area contributed by atoms with E-state index in [0.717, 1.165) is 17.3 Å². The highest BCUT2D eigenvalue weighted by atomic mass is 35.5. The largest absolute Gasteiger partial charge is 0.492 e. The van der Waals surface area contributed by atoms with Crippen LogP contribution in [0.4, 0.5) is 0 Å². The van der Waals surface area contributed by atoms with Gasteiger partial charge in [0.05, 0.1) is 0 Å². The third kappa shape index (κ3) is 4.87. The van der Waals surface area contributed by atoms with Crippen molar-refractivity contribution < 1.29 is 4.74 Å². The average molecular weight is 268 g/mol. The summed E-state index contributed by atoms with van der Waals surface area (Å²) >= 11 is 5.90. The molecule has 0 aromatic heterocycles. The first-order valence-corrected chi connectivity index (χ1v) is 7.34. The van der Waals surface area contributed by atoms with Crippen LogP contribution in [0.1, 0.15) is 38.5 Å². The van der Waals surface area contributed by atoms with E-state index in [2.05, 4.69) is 5.32 Å². The molecule has 0 unspecified atom stereocenters. The number of nitrogens with one attached hydrogen (secondary N) is 1. The van der Waals surface area contributed by atoms with Gasteiger partial charge in [-0.05, 0) is 31.0 Å². The molecular weight excluding hydrogens is 246 g/mol. The van der Waals surface area contributed by atoms with Crippen molar-refractivity contribution in [3.63, 3.8) is 0 Å². The van der Waals surface area contributed by atoms with Crippen molar-refractivity contribution in [2.24, 2.45) is 0 Å². The van der Waals surface area contributed by atoms with Gasteiger partial charge >= 0.3 is 0 Å². The van der Waals surface area contributed by atoms with Crippen molar-refractivity contribution in [2.75, 3.05) is 13.2 Å². The molecular formula is C15H22ClNO. The minimum atomic E-state index is 0.690. The zero-order valence-electron chi connectivity index (χ0n) is 10.8. The Balaban J connectivity index is 1.63. The molecule has 0 bridgehead atoms. The smallest absolute Gasteiger partial charge is 0.120 e. The number of benzene rings is 1. The third-order valence-corrected chi connectivity index (χ3v) is 3.69. The van der Waals surface area contributed by atoms with Crippen LogP contribution in [-0.4, -0.2) is 19.2 Å². The molecule has 1 aliphatic rings. The molecule has 2 rings (SSSR count). The van der Waals surface area contributed by atoms with Crippen LogP contribution in [0, 0.1) is 0 Å². The Hall–Kier alpha value is -0.730. The van der Waals surface area contributed by atoms with Crippen molar-refractivity contribution in [1.29, 1.82) is 0 Å². The normalized spacial score (nSPS) is 17.4. The summed E-state index contributed by atoms with van der Waals surface area (Å²) in [6, 6.07) is 8.26. The van der Waals surface area contributed by atoms with E-state index < -0.39 is 0 Å². The first-order chi connectivity index (χ1) is 8.84. The Labute approximate surface area is 115 Å². The van der Waals surface area contributed by atoms with Gasteiger partial charge in [-0.25, -0.2) is 0 Å². The summed E-state index contributed by atoms with van der Waals surface area (Å²) in [6.45, 7) is 1.62. The lowest BCUT2D eigenvalue weighted by Crippen LogP contribution is -2.32. The van der Waals surface area contributed by atoms with Gasteiger partial charge in [-0.2, -0.15) is 0 Å². The van der Waals surface area contributed by atoms with Crippen LogP contribution < -0.4 is 10.1 Å². The van der Waals surface area contributed by atoms with Crippen molar-refractivity contribution in [1.82, 2.24) is 5.32 Å². The maximum Gasteiger partial charge on any atom is 0.120 e. The Bertz CT molecular complexity index is 348. The highest BCUT2D eigenvalue weighted by Gasteiger charge is 2.10. The molecule has 0 aliphatic heterocycles. The fourth-order valence-electron chi connectivity index (χ4n) is 2.47. The summed E-state index contributed by atoms with van der Waals surface area (Å²) in [5.74, 6) is 0.852. The maximum atomic E-state index is 5.90. The molecule has 1 aromatic rings. The SMILES string of the molecule is Clc1cccc(OCCNC2CCCCCC2)c1. The molecule has 0 amide bonds. The molecule has 100 valence electrons. The molecule has 0 atom stereocenters. The monoisotopic (exact) mass is 267 g/mol. The quantitative estimate of drug-likeness (QED) is 0.642. The predicted molar refractivity (Wildman–Crippen MR) is 76.4 cm³/mol. The van der Waals surface area contributed by atoms with E-state index >= 15 is 0 Å². The fraction of sp³-hybridized carbons (Fsp3) is 0.600. The van der Waals surface area contributed by atoms with Crippen molar-refractivity contribution in [3.05, 3.63) is 29.3 Å². The van der Waals surface area contributed by atoms with Crippen LogP contribution in [0.5, 0.6) is 5.75 Å². The van der Waals surface area contributed by atoms with Gasteiger partial charge in [-0.3, -0.25) is 0 Å². The number of hydrogen-bond acceptors (Lipinski definition) is 2. The average Bonchev–Trinajstić information content (AvgIpc) is 2.63.